The Morgan fingerprint density at radius 2 is 1.84 bits per heavy atom. The zero-order valence-corrected chi connectivity index (χ0v) is 20.0. The molecule has 0 fully saturated rings. The molecule has 10 nitrogen and oxygen atoms in total. The van der Waals surface area contributed by atoms with Crippen molar-refractivity contribution >= 4 is 24.2 Å². The number of ether oxygens (including phenoxy) is 2. The van der Waals surface area contributed by atoms with Gasteiger partial charge in [-0.2, -0.15) is 26.8 Å². The van der Waals surface area contributed by atoms with E-state index in [9.17, 15) is 26.4 Å². The quantitative estimate of drug-likeness (QED) is 0.191. The number of carbonyl (C=O) groups is 1. The zero-order chi connectivity index (χ0) is 24.6. The molecule has 0 spiro atoms. The molecule has 180 valence electrons. The number of aromatic nitrogens is 4. The van der Waals surface area contributed by atoms with Gasteiger partial charge >= 0.3 is 21.6 Å². The van der Waals surface area contributed by atoms with Crippen LogP contribution >= 0.6 is 0 Å². The number of carbonyl (C=O) groups excluding carboxylic acids is 1. The van der Waals surface area contributed by atoms with E-state index in [2.05, 4.69) is 49.2 Å². The fourth-order valence-corrected chi connectivity index (χ4v) is 3.19. The number of H-pyrrole nitrogens is 1. The molecule has 32 heavy (non-hydrogen) atoms. The molecule has 0 aliphatic carbocycles. The third-order valence-electron chi connectivity index (χ3n) is 3.62. The van der Waals surface area contributed by atoms with Crippen molar-refractivity contribution in [2.24, 2.45) is 0 Å². The van der Waals surface area contributed by atoms with Gasteiger partial charge in [-0.1, -0.05) is 19.6 Å². The monoisotopic (exact) mass is 498 g/mol. The molecular formula is C17H25F3N4O6SSi. The normalized spacial score (nSPS) is 12.0. The van der Waals surface area contributed by atoms with E-state index in [0.717, 1.165) is 32.5 Å². The van der Waals surface area contributed by atoms with Crippen molar-refractivity contribution in [1.29, 1.82) is 0 Å². The molecule has 0 bridgehead atoms. The largest absolute Gasteiger partial charge is 0.534 e. The maximum Gasteiger partial charge on any atom is 0.534 e. The molecule has 0 aliphatic rings. The van der Waals surface area contributed by atoms with Crippen LogP contribution in [-0.2, 0) is 19.6 Å². The third kappa shape index (κ3) is 8.92. The number of methoxy groups -OCH3 is 1. The summed E-state index contributed by atoms with van der Waals surface area (Å²) in [6.07, 6.45) is 0. The average Bonchev–Trinajstić information content (AvgIpc) is 3.20. The Morgan fingerprint density at radius 1 is 1.19 bits per heavy atom. The molecule has 1 aromatic heterocycles. The number of esters is 1. The number of hydrogen-bond donors (Lipinski definition) is 1. The highest BCUT2D eigenvalue weighted by atomic mass is 32.2. The van der Waals surface area contributed by atoms with Crippen LogP contribution in [0.3, 0.4) is 0 Å². The predicted octanol–water partition coefficient (Wildman–Crippen LogP) is 3.24. The van der Waals surface area contributed by atoms with Crippen LogP contribution in [-0.4, -0.2) is 68.9 Å². The minimum absolute atomic E-state index is 0.00553. The summed E-state index contributed by atoms with van der Waals surface area (Å²) in [5.41, 5.74) is -5.89. The summed E-state index contributed by atoms with van der Waals surface area (Å²) in [4.78, 5) is 11.5. The summed E-state index contributed by atoms with van der Waals surface area (Å²) in [5, 5.41) is 12.5. The van der Waals surface area contributed by atoms with Gasteiger partial charge in [-0.3, -0.25) is 0 Å². The summed E-state index contributed by atoms with van der Waals surface area (Å²) in [6.45, 7) is 11.0. The zero-order valence-electron chi connectivity index (χ0n) is 18.2. The second-order valence-corrected chi connectivity index (χ2v) is 14.6. The van der Waals surface area contributed by atoms with E-state index >= 15 is 0 Å². The molecule has 0 atom stereocenters. The van der Waals surface area contributed by atoms with Gasteiger partial charge in [-0.05, 0) is 36.4 Å². The lowest BCUT2D eigenvalue weighted by Crippen LogP contribution is -2.28. The molecule has 0 saturated carbocycles. The molecule has 1 aromatic carbocycles. The van der Waals surface area contributed by atoms with E-state index in [4.69, 9.17) is 4.74 Å². The van der Waals surface area contributed by atoms with Crippen molar-refractivity contribution in [2.45, 2.75) is 38.1 Å². The van der Waals surface area contributed by atoms with Crippen molar-refractivity contribution in [3.8, 4) is 17.1 Å². The second-order valence-electron chi connectivity index (χ2n) is 7.46. The molecule has 2 aromatic rings. The maximum absolute atomic E-state index is 12.4. The lowest BCUT2D eigenvalue weighted by molar-refractivity contribution is -0.0500. The first-order chi connectivity index (χ1) is 14.7. The number of aromatic amines is 1. The molecule has 0 unspecified atom stereocenters. The van der Waals surface area contributed by atoms with Crippen molar-refractivity contribution in [1.82, 2.24) is 20.6 Å². The van der Waals surface area contributed by atoms with Crippen molar-refractivity contribution in [2.75, 3.05) is 20.3 Å². The van der Waals surface area contributed by atoms with Crippen LogP contribution in [0.15, 0.2) is 18.2 Å². The van der Waals surface area contributed by atoms with Crippen LogP contribution in [0, 0.1) is 0 Å². The van der Waals surface area contributed by atoms with Crippen LogP contribution in [0.4, 0.5) is 13.2 Å². The van der Waals surface area contributed by atoms with Crippen molar-refractivity contribution in [3.63, 3.8) is 0 Å². The van der Waals surface area contributed by atoms with Gasteiger partial charge in [0.05, 0.1) is 12.7 Å². The van der Waals surface area contributed by atoms with Gasteiger partial charge in [0.1, 0.15) is 5.75 Å². The van der Waals surface area contributed by atoms with Gasteiger partial charge in [-0.15, -0.1) is 10.2 Å². The fraction of sp³-hybridized carbons (Fsp3) is 0.529. The molecule has 2 rings (SSSR count). The summed E-state index contributed by atoms with van der Waals surface area (Å²) in [5.74, 6) is -1.78. The number of nitrogens with one attached hydrogen (secondary N) is 1. The minimum atomic E-state index is -5.90. The number of nitrogens with zero attached hydrogens (tertiary/aromatic N) is 3. The summed E-state index contributed by atoms with van der Waals surface area (Å²) in [6, 6.07) is 4.14. The van der Waals surface area contributed by atoms with Crippen molar-refractivity contribution in [3.05, 3.63) is 23.8 Å². The third-order valence-corrected chi connectivity index (χ3v) is 6.30. The van der Waals surface area contributed by atoms with Crippen LogP contribution in [0.1, 0.15) is 17.3 Å². The Labute approximate surface area is 184 Å². The molecule has 1 N–H and O–H groups in total. The van der Waals surface area contributed by atoms with E-state index in [1.54, 1.807) is 0 Å². The maximum atomic E-state index is 12.4. The van der Waals surface area contributed by atoms with Gasteiger partial charge in [0.2, 0.25) is 5.82 Å². The highest BCUT2D eigenvalue weighted by Crippen LogP contribution is 2.30. The smallest absolute Gasteiger partial charge is 0.465 e. The van der Waals surface area contributed by atoms with Crippen LogP contribution in [0.2, 0.25) is 25.7 Å². The van der Waals surface area contributed by atoms with E-state index in [0.29, 0.717) is 0 Å². The van der Waals surface area contributed by atoms with Crippen molar-refractivity contribution < 1.29 is 40.0 Å². The van der Waals surface area contributed by atoms with E-state index in [1.807, 2.05) is 6.92 Å². The Balaban J connectivity index is 0.000000482. The van der Waals surface area contributed by atoms with Gasteiger partial charge in [0.25, 0.3) is 0 Å². The molecular weight excluding hydrogens is 473 g/mol. The average molecular weight is 499 g/mol. The summed E-state index contributed by atoms with van der Waals surface area (Å²) < 4.78 is 72.9. The van der Waals surface area contributed by atoms with E-state index < -0.39 is 35.4 Å². The number of alkyl halides is 3. The van der Waals surface area contributed by atoms with Gasteiger partial charge in [-0.25, -0.2) is 4.79 Å². The van der Waals surface area contributed by atoms with E-state index in [1.165, 1.54) is 12.1 Å². The first-order valence-electron chi connectivity index (χ1n) is 9.26. The number of rotatable bonds is 8. The Morgan fingerprint density at radius 3 is 2.31 bits per heavy atom. The molecule has 15 heteroatoms. The van der Waals surface area contributed by atoms with Crippen LogP contribution < -0.4 is 4.18 Å². The summed E-state index contributed by atoms with van der Waals surface area (Å²) >= 11 is 0. The predicted molar refractivity (Wildman–Crippen MR) is 111 cm³/mol. The fourth-order valence-electron chi connectivity index (χ4n) is 1.99. The first kappa shape index (κ1) is 27.5. The Bertz CT molecular complexity index is 979. The summed E-state index contributed by atoms with van der Waals surface area (Å²) in [7, 11) is -5.68. The molecule has 0 amide bonds. The highest BCUT2D eigenvalue weighted by molar-refractivity contribution is 7.88. The lowest BCUT2D eigenvalue weighted by Gasteiger charge is -2.14. The number of benzene rings is 1. The topological polar surface area (TPSA) is 133 Å². The SMILES string of the molecule is CCOCC[Si](C)(C)C.COC(=O)c1cc(OS(=O)(=O)C(F)(F)F)cc(-c2nn[nH]n2)c1. The number of hydrogen-bond acceptors (Lipinski definition) is 9. The van der Waals surface area contributed by atoms with Gasteiger partial charge in [0.15, 0.2) is 0 Å². The molecule has 0 saturated heterocycles. The Hall–Kier alpha value is -2.52. The first-order valence-corrected chi connectivity index (χ1v) is 14.4. The highest BCUT2D eigenvalue weighted by Gasteiger charge is 2.48. The standard InChI is InChI=1S/C10H7F3N4O5S.C7H18OSi/c1-21-9(18)6-2-5(8-14-16-17-15-8)3-7(4-6)22-23(19,20)10(11,12)13;1-5-8-6-7-9(2,3)4/h2-4H,1H3,(H,14,15,16,17);5-7H2,1-4H3. The second kappa shape index (κ2) is 11.4. The minimum Gasteiger partial charge on any atom is -0.465 e. The molecule has 0 aliphatic heterocycles. The molecule has 0 radical (unpaired) electrons. The number of halogens is 3. The van der Waals surface area contributed by atoms with Crippen LogP contribution in [0.25, 0.3) is 11.4 Å². The van der Waals surface area contributed by atoms with Crippen LogP contribution in [0.5, 0.6) is 5.75 Å². The van der Waals surface area contributed by atoms with Gasteiger partial charge < -0.3 is 13.7 Å². The van der Waals surface area contributed by atoms with E-state index in [-0.39, 0.29) is 17.0 Å². The number of tetrazole rings is 1. The molecule has 1 heterocycles. The Kier molecular flexibility index (Phi) is 9.78. The lowest BCUT2D eigenvalue weighted by atomic mass is 10.1. The van der Waals surface area contributed by atoms with Gasteiger partial charge in [0, 0.05) is 26.9 Å².